The Bertz CT molecular complexity index is 291. The Kier molecular flexibility index (Phi) is 4.90. The Balaban J connectivity index is 2.64. The molecule has 1 heterocycles. The fourth-order valence-electron chi connectivity index (χ4n) is 1.17. The second-order valence-corrected chi connectivity index (χ2v) is 3.77. The fourth-order valence-corrected chi connectivity index (χ4v) is 1.58. The first kappa shape index (κ1) is 11.5. The van der Waals surface area contributed by atoms with Gasteiger partial charge in [-0.05, 0) is 34.3 Å². The lowest BCUT2D eigenvalue weighted by atomic mass is 10.1. The number of ether oxygens (including phenoxy) is 2. The minimum atomic E-state index is 0.653. The van der Waals surface area contributed by atoms with Crippen molar-refractivity contribution in [3.05, 3.63) is 22.3 Å². The van der Waals surface area contributed by atoms with Gasteiger partial charge in [-0.15, -0.1) is 0 Å². The van der Waals surface area contributed by atoms with Crippen LogP contribution in [0.2, 0.25) is 0 Å². The van der Waals surface area contributed by atoms with Crippen LogP contribution >= 0.6 is 15.9 Å². The van der Waals surface area contributed by atoms with Crippen molar-refractivity contribution in [1.82, 2.24) is 4.98 Å². The Hall–Kier alpha value is -0.610. The van der Waals surface area contributed by atoms with Gasteiger partial charge in [0, 0.05) is 30.5 Å². The molecule has 0 radical (unpaired) electrons. The standard InChI is InChI=1S/C10H14BrNO2/c1-13-5-3-4-8-6-10(14-2)12-7-9(8)11/h6-7H,3-5H2,1-2H3. The van der Waals surface area contributed by atoms with E-state index < -0.39 is 0 Å². The number of rotatable bonds is 5. The zero-order valence-corrected chi connectivity index (χ0v) is 10.0. The van der Waals surface area contributed by atoms with E-state index in [0.29, 0.717) is 5.88 Å². The van der Waals surface area contributed by atoms with Gasteiger partial charge in [-0.1, -0.05) is 0 Å². The van der Waals surface area contributed by atoms with Crippen LogP contribution in [0.4, 0.5) is 0 Å². The molecule has 4 heteroatoms. The van der Waals surface area contributed by atoms with Crippen LogP contribution in [0.15, 0.2) is 16.7 Å². The maximum Gasteiger partial charge on any atom is 0.213 e. The van der Waals surface area contributed by atoms with Crippen molar-refractivity contribution in [3.63, 3.8) is 0 Å². The highest BCUT2D eigenvalue weighted by molar-refractivity contribution is 9.10. The van der Waals surface area contributed by atoms with Crippen LogP contribution in [0.1, 0.15) is 12.0 Å². The molecule has 0 saturated heterocycles. The predicted octanol–water partition coefficient (Wildman–Crippen LogP) is 2.43. The van der Waals surface area contributed by atoms with Crippen LogP contribution in [0.5, 0.6) is 5.88 Å². The number of nitrogens with zero attached hydrogens (tertiary/aromatic N) is 1. The van der Waals surface area contributed by atoms with Crippen LogP contribution in [-0.4, -0.2) is 25.8 Å². The predicted molar refractivity (Wildman–Crippen MR) is 58.7 cm³/mol. The van der Waals surface area contributed by atoms with E-state index in [0.717, 1.165) is 23.9 Å². The lowest BCUT2D eigenvalue weighted by Crippen LogP contribution is -1.96. The zero-order chi connectivity index (χ0) is 10.4. The summed E-state index contributed by atoms with van der Waals surface area (Å²) in [6.07, 6.45) is 3.73. The Morgan fingerprint density at radius 2 is 2.21 bits per heavy atom. The SMILES string of the molecule is COCCCc1cc(OC)ncc1Br. The monoisotopic (exact) mass is 259 g/mol. The van der Waals surface area contributed by atoms with Gasteiger partial charge in [0.15, 0.2) is 0 Å². The number of methoxy groups -OCH3 is 2. The van der Waals surface area contributed by atoms with Gasteiger partial charge < -0.3 is 9.47 Å². The van der Waals surface area contributed by atoms with Crippen molar-refractivity contribution in [2.45, 2.75) is 12.8 Å². The summed E-state index contributed by atoms with van der Waals surface area (Å²) in [6.45, 7) is 0.775. The largest absolute Gasteiger partial charge is 0.481 e. The average Bonchev–Trinajstić information content (AvgIpc) is 2.21. The first-order chi connectivity index (χ1) is 6.77. The first-order valence-corrected chi connectivity index (χ1v) is 5.24. The number of hydrogen-bond donors (Lipinski definition) is 0. The molecule has 1 rings (SSSR count). The Morgan fingerprint density at radius 3 is 2.86 bits per heavy atom. The van der Waals surface area contributed by atoms with Gasteiger partial charge in [0.05, 0.1) is 7.11 Å². The van der Waals surface area contributed by atoms with Crippen LogP contribution in [0.25, 0.3) is 0 Å². The van der Waals surface area contributed by atoms with Gasteiger partial charge in [0.1, 0.15) is 0 Å². The molecule has 0 atom stereocenters. The third-order valence-electron chi connectivity index (χ3n) is 1.91. The minimum absolute atomic E-state index is 0.653. The Morgan fingerprint density at radius 1 is 1.43 bits per heavy atom. The molecule has 0 fully saturated rings. The lowest BCUT2D eigenvalue weighted by Gasteiger charge is -2.05. The van der Waals surface area contributed by atoms with Crippen LogP contribution in [0, 0.1) is 0 Å². The van der Waals surface area contributed by atoms with Crippen LogP contribution < -0.4 is 4.74 Å². The second kappa shape index (κ2) is 5.98. The average molecular weight is 260 g/mol. The number of aromatic nitrogens is 1. The molecule has 0 aliphatic carbocycles. The first-order valence-electron chi connectivity index (χ1n) is 4.45. The van der Waals surface area contributed by atoms with Gasteiger partial charge >= 0.3 is 0 Å². The van der Waals surface area contributed by atoms with E-state index in [9.17, 15) is 0 Å². The summed E-state index contributed by atoms with van der Waals surface area (Å²) in [5, 5.41) is 0. The number of halogens is 1. The summed E-state index contributed by atoms with van der Waals surface area (Å²) in [5.41, 5.74) is 1.20. The van der Waals surface area contributed by atoms with Gasteiger partial charge in [0.2, 0.25) is 5.88 Å². The molecule has 1 aromatic rings. The van der Waals surface area contributed by atoms with E-state index in [-0.39, 0.29) is 0 Å². The van der Waals surface area contributed by atoms with Gasteiger partial charge in [-0.3, -0.25) is 0 Å². The lowest BCUT2D eigenvalue weighted by molar-refractivity contribution is 0.195. The van der Waals surface area contributed by atoms with E-state index >= 15 is 0 Å². The molecule has 3 nitrogen and oxygen atoms in total. The maximum absolute atomic E-state index is 5.05. The summed E-state index contributed by atoms with van der Waals surface area (Å²) in [5.74, 6) is 0.653. The molecule has 1 aromatic heterocycles. The molecule has 0 aliphatic heterocycles. The van der Waals surface area contributed by atoms with E-state index in [1.807, 2.05) is 6.07 Å². The molecule has 0 aromatic carbocycles. The van der Waals surface area contributed by atoms with Crippen molar-refractivity contribution in [2.24, 2.45) is 0 Å². The van der Waals surface area contributed by atoms with Crippen LogP contribution in [-0.2, 0) is 11.2 Å². The number of pyridine rings is 1. The van der Waals surface area contributed by atoms with Crippen molar-refractivity contribution < 1.29 is 9.47 Å². The summed E-state index contributed by atoms with van der Waals surface area (Å²) in [4.78, 5) is 4.09. The molecule has 0 saturated carbocycles. The molecule has 0 unspecified atom stereocenters. The minimum Gasteiger partial charge on any atom is -0.481 e. The van der Waals surface area contributed by atoms with Crippen molar-refractivity contribution in [3.8, 4) is 5.88 Å². The highest BCUT2D eigenvalue weighted by Crippen LogP contribution is 2.20. The summed E-state index contributed by atoms with van der Waals surface area (Å²) in [6, 6.07) is 1.94. The topological polar surface area (TPSA) is 31.4 Å². The molecule has 14 heavy (non-hydrogen) atoms. The molecule has 0 N–H and O–H groups in total. The highest BCUT2D eigenvalue weighted by atomic mass is 79.9. The summed E-state index contributed by atoms with van der Waals surface area (Å²) >= 11 is 3.45. The molecule has 0 aliphatic rings. The molecular formula is C10H14BrNO2. The maximum atomic E-state index is 5.05. The van der Waals surface area contributed by atoms with Crippen molar-refractivity contribution >= 4 is 15.9 Å². The van der Waals surface area contributed by atoms with Gasteiger partial charge in [0.25, 0.3) is 0 Å². The van der Waals surface area contributed by atoms with Gasteiger partial charge in [-0.2, -0.15) is 0 Å². The highest BCUT2D eigenvalue weighted by Gasteiger charge is 2.02. The smallest absolute Gasteiger partial charge is 0.213 e. The normalized spacial score (nSPS) is 10.2. The number of hydrogen-bond acceptors (Lipinski definition) is 3. The van der Waals surface area contributed by atoms with E-state index in [1.54, 1.807) is 20.4 Å². The van der Waals surface area contributed by atoms with E-state index in [1.165, 1.54) is 5.56 Å². The molecule has 0 amide bonds. The fraction of sp³-hybridized carbons (Fsp3) is 0.500. The summed E-state index contributed by atoms with van der Waals surface area (Å²) in [7, 11) is 3.33. The van der Waals surface area contributed by atoms with Gasteiger partial charge in [-0.25, -0.2) is 4.98 Å². The number of aryl methyl sites for hydroxylation is 1. The zero-order valence-electron chi connectivity index (χ0n) is 8.42. The van der Waals surface area contributed by atoms with Crippen molar-refractivity contribution in [1.29, 1.82) is 0 Å². The molecule has 0 spiro atoms. The van der Waals surface area contributed by atoms with E-state index in [4.69, 9.17) is 9.47 Å². The third kappa shape index (κ3) is 3.27. The quantitative estimate of drug-likeness (QED) is 0.762. The molecule has 78 valence electrons. The second-order valence-electron chi connectivity index (χ2n) is 2.91. The molecular weight excluding hydrogens is 246 g/mol. The molecule has 0 bridgehead atoms. The summed E-state index contributed by atoms with van der Waals surface area (Å²) < 4.78 is 11.1. The van der Waals surface area contributed by atoms with Crippen LogP contribution in [0.3, 0.4) is 0 Å². The van der Waals surface area contributed by atoms with Crippen molar-refractivity contribution in [2.75, 3.05) is 20.8 Å². The van der Waals surface area contributed by atoms with E-state index in [2.05, 4.69) is 20.9 Å². The third-order valence-corrected chi connectivity index (χ3v) is 2.63. The Labute approximate surface area is 92.6 Å².